The minimum absolute atomic E-state index is 0.411. The van der Waals surface area contributed by atoms with Gasteiger partial charge in [-0.2, -0.15) is 0 Å². The first-order valence-electron chi connectivity index (χ1n) is 6.24. The smallest absolute Gasteiger partial charge is 0.165 e. The van der Waals surface area contributed by atoms with Crippen LogP contribution in [0.15, 0.2) is 17.5 Å². The minimum atomic E-state index is 0.411. The second-order valence-corrected chi connectivity index (χ2v) is 5.69. The van der Waals surface area contributed by atoms with Crippen molar-refractivity contribution in [1.82, 2.24) is 4.98 Å². The summed E-state index contributed by atoms with van der Waals surface area (Å²) in [6.45, 7) is 2.90. The van der Waals surface area contributed by atoms with Gasteiger partial charge in [0, 0.05) is 27.7 Å². The molecule has 2 rings (SSSR count). The van der Waals surface area contributed by atoms with E-state index in [4.69, 9.17) is 26.8 Å². The third-order valence-electron chi connectivity index (χ3n) is 2.74. The van der Waals surface area contributed by atoms with Gasteiger partial charge in [0.05, 0.1) is 7.11 Å². The molecule has 0 saturated heterocycles. The zero-order valence-electron chi connectivity index (χ0n) is 11.5. The van der Waals surface area contributed by atoms with E-state index in [1.54, 1.807) is 24.5 Å². The molecule has 0 aliphatic heterocycles. The summed E-state index contributed by atoms with van der Waals surface area (Å²) in [5, 5.41) is 3.54. The summed E-state index contributed by atoms with van der Waals surface area (Å²) in [7, 11) is 1.60. The molecule has 0 fully saturated rings. The summed E-state index contributed by atoms with van der Waals surface area (Å²) in [6.07, 6.45) is 0.684. The van der Waals surface area contributed by atoms with Crippen LogP contribution in [-0.4, -0.2) is 18.6 Å². The van der Waals surface area contributed by atoms with Crippen molar-refractivity contribution in [2.45, 2.75) is 20.0 Å². The number of benzene rings is 1. The van der Waals surface area contributed by atoms with Gasteiger partial charge in [-0.3, -0.25) is 0 Å². The Morgan fingerprint density at radius 3 is 2.80 bits per heavy atom. The van der Waals surface area contributed by atoms with E-state index in [2.05, 4.69) is 4.98 Å². The van der Waals surface area contributed by atoms with Crippen LogP contribution in [0, 0.1) is 6.92 Å². The van der Waals surface area contributed by atoms with Gasteiger partial charge in [0.25, 0.3) is 0 Å². The Morgan fingerprint density at radius 1 is 1.40 bits per heavy atom. The average molecular weight is 313 g/mol. The molecule has 0 aliphatic carbocycles. The lowest BCUT2D eigenvalue weighted by atomic mass is 10.1. The molecule has 6 heteroatoms. The number of aromatic nitrogens is 1. The van der Waals surface area contributed by atoms with Crippen LogP contribution in [0.3, 0.4) is 0 Å². The maximum absolute atomic E-state index is 6.07. The van der Waals surface area contributed by atoms with E-state index in [1.165, 1.54) is 0 Å². The summed E-state index contributed by atoms with van der Waals surface area (Å²) in [4.78, 5) is 4.38. The van der Waals surface area contributed by atoms with Crippen LogP contribution in [0.2, 0.25) is 5.02 Å². The van der Waals surface area contributed by atoms with Crippen LogP contribution in [-0.2, 0) is 13.0 Å². The molecule has 4 nitrogen and oxygen atoms in total. The summed E-state index contributed by atoms with van der Waals surface area (Å²) in [5.41, 5.74) is 7.58. The van der Waals surface area contributed by atoms with E-state index < -0.39 is 0 Å². The van der Waals surface area contributed by atoms with Crippen LogP contribution in [0.4, 0.5) is 0 Å². The Labute approximate surface area is 127 Å². The van der Waals surface area contributed by atoms with Gasteiger partial charge in [0.2, 0.25) is 0 Å². The van der Waals surface area contributed by atoms with Crippen molar-refractivity contribution >= 4 is 22.9 Å². The number of rotatable bonds is 6. The fourth-order valence-corrected chi connectivity index (χ4v) is 2.80. The van der Waals surface area contributed by atoms with E-state index in [0.717, 1.165) is 16.3 Å². The van der Waals surface area contributed by atoms with Crippen LogP contribution >= 0.6 is 22.9 Å². The van der Waals surface area contributed by atoms with Crippen LogP contribution in [0.1, 0.15) is 16.3 Å². The van der Waals surface area contributed by atoms with Gasteiger partial charge in [-0.1, -0.05) is 11.6 Å². The quantitative estimate of drug-likeness (QED) is 0.890. The van der Waals surface area contributed by atoms with Gasteiger partial charge in [-0.05, 0) is 26.0 Å². The van der Waals surface area contributed by atoms with Crippen molar-refractivity contribution < 1.29 is 9.47 Å². The van der Waals surface area contributed by atoms with E-state index in [0.29, 0.717) is 36.1 Å². The summed E-state index contributed by atoms with van der Waals surface area (Å²) in [6, 6.07) is 3.60. The Kier molecular flexibility index (Phi) is 5.23. The predicted octanol–water partition coefficient (Wildman–Crippen LogP) is 3.19. The number of halogens is 1. The zero-order chi connectivity index (χ0) is 14.5. The lowest BCUT2D eigenvalue weighted by Gasteiger charge is -2.14. The first kappa shape index (κ1) is 15.1. The third-order valence-corrected chi connectivity index (χ3v) is 3.90. The van der Waals surface area contributed by atoms with Crippen molar-refractivity contribution in [3.05, 3.63) is 38.8 Å². The Balaban J connectivity index is 2.23. The number of nitrogens with zero attached hydrogens (tertiary/aromatic N) is 1. The highest BCUT2D eigenvalue weighted by atomic mass is 35.5. The van der Waals surface area contributed by atoms with E-state index >= 15 is 0 Å². The third kappa shape index (κ3) is 3.62. The largest absolute Gasteiger partial charge is 0.493 e. The van der Waals surface area contributed by atoms with Gasteiger partial charge in [0.1, 0.15) is 11.6 Å². The summed E-state index contributed by atoms with van der Waals surface area (Å²) < 4.78 is 11.2. The zero-order valence-corrected chi connectivity index (χ0v) is 13.1. The summed E-state index contributed by atoms with van der Waals surface area (Å²) >= 11 is 7.65. The normalized spacial score (nSPS) is 10.6. The van der Waals surface area contributed by atoms with Gasteiger partial charge in [-0.25, -0.2) is 4.98 Å². The molecule has 20 heavy (non-hydrogen) atoms. The number of thiazole rings is 1. The van der Waals surface area contributed by atoms with Crippen LogP contribution in [0.5, 0.6) is 11.5 Å². The van der Waals surface area contributed by atoms with Gasteiger partial charge in [0.15, 0.2) is 11.5 Å². The van der Waals surface area contributed by atoms with Crippen molar-refractivity contribution in [2.24, 2.45) is 5.73 Å². The molecule has 108 valence electrons. The second-order valence-electron chi connectivity index (χ2n) is 4.31. The molecule has 2 N–H and O–H groups in total. The lowest BCUT2D eigenvalue weighted by Crippen LogP contribution is -2.07. The number of hydrogen-bond donors (Lipinski definition) is 1. The number of ether oxygens (including phenoxy) is 2. The molecule has 0 saturated carbocycles. The van der Waals surface area contributed by atoms with E-state index in [9.17, 15) is 0 Å². The van der Waals surface area contributed by atoms with E-state index in [1.807, 2.05) is 18.4 Å². The highest BCUT2D eigenvalue weighted by Crippen LogP contribution is 2.35. The maximum Gasteiger partial charge on any atom is 0.165 e. The van der Waals surface area contributed by atoms with Crippen molar-refractivity contribution in [1.29, 1.82) is 0 Å². The Bertz CT molecular complexity index is 587. The summed E-state index contributed by atoms with van der Waals surface area (Å²) in [5.74, 6) is 1.31. The fraction of sp³-hybridized carbons (Fsp3) is 0.357. The first-order valence-corrected chi connectivity index (χ1v) is 7.50. The molecular weight excluding hydrogens is 296 g/mol. The molecule has 1 heterocycles. The number of nitrogens with two attached hydrogens (primary N) is 1. The molecule has 0 bridgehead atoms. The molecule has 1 aromatic heterocycles. The van der Waals surface area contributed by atoms with Crippen molar-refractivity contribution in [2.75, 3.05) is 13.7 Å². The van der Waals surface area contributed by atoms with Crippen molar-refractivity contribution in [3.8, 4) is 11.5 Å². The Morgan fingerprint density at radius 2 is 2.20 bits per heavy atom. The molecule has 0 aliphatic rings. The minimum Gasteiger partial charge on any atom is -0.493 e. The lowest BCUT2D eigenvalue weighted by molar-refractivity contribution is 0.281. The van der Waals surface area contributed by atoms with Crippen molar-refractivity contribution in [3.63, 3.8) is 0 Å². The fourth-order valence-electron chi connectivity index (χ4n) is 1.88. The highest BCUT2D eigenvalue weighted by molar-refractivity contribution is 7.09. The standard InChI is InChI=1S/C14H17ClN2O2S/c1-9-8-20-13(17-9)7-19-14-10(3-4-16)5-11(15)6-12(14)18-2/h5-6,8H,3-4,7,16H2,1-2H3. The van der Waals surface area contributed by atoms with Crippen LogP contribution < -0.4 is 15.2 Å². The van der Waals surface area contributed by atoms with E-state index in [-0.39, 0.29) is 0 Å². The molecule has 0 spiro atoms. The number of aryl methyl sites for hydroxylation is 1. The second kappa shape index (κ2) is 6.92. The molecule has 0 atom stereocenters. The average Bonchev–Trinajstić information content (AvgIpc) is 2.83. The maximum atomic E-state index is 6.07. The first-order chi connectivity index (χ1) is 9.63. The highest BCUT2D eigenvalue weighted by Gasteiger charge is 2.13. The number of methoxy groups -OCH3 is 1. The van der Waals surface area contributed by atoms with Gasteiger partial charge in [-0.15, -0.1) is 11.3 Å². The monoisotopic (exact) mass is 312 g/mol. The predicted molar refractivity (Wildman–Crippen MR) is 81.9 cm³/mol. The van der Waals surface area contributed by atoms with Gasteiger partial charge < -0.3 is 15.2 Å². The molecule has 0 amide bonds. The molecule has 2 aromatic rings. The SMILES string of the molecule is COc1cc(Cl)cc(CCN)c1OCc1nc(C)cs1. The Hall–Kier alpha value is -1.30. The molecular formula is C14H17ClN2O2S. The molecule has 0 unspecified atom stereocenters. The molecule has 1 aromatic carbocycles. The molecule has 0 radical (unpaired) electrons. The van der Waals surface area contributed by atoms with Crippen LogP contribution in [0.25, 0.3) is 0 Å². The number of hydrogen-bond acceptors (Lipinski definition) is 5. The topological polar surface area (TPSA) is 57.4 Å². The van der Waals surface area contributed by atoms with Gasteiger partial charge >= 0.3 is 0 Å².